The summed E-state index contributed by atoms with van der Waals surface area (Å²) in [7, 11) is 0. The van der Waals surface area contributed by atoms with Crippen molar-refractivity contribution in [3.63, 3.8) is 0 Å². The number of Topliss-reactive ketones (excluding diaryl/α,β-unsaturated/α-hetero) is 1. The minimum Gasteiger partial charge on any atom is -0.477 e. The van der Waals surface area contributed by atoms with E-state index in [1.54, 1.807) is 11.3 Å². The Bertz CT molecular complexity index is 933. The second-order valence-electron chi connectivity index (χ2n) is 10.7. The Hall–Kier alpha value is -1.79. The minimum absolute atomic E-state index is 0.391. The fourth-order valence-corrected chi connectivity index (χ4v) is 6.15. The van der Waals surface area contributed by atoms with Gasteiger partial charge in [-0.3, -0.25) is 4.79 Å². The van der Waals surface area contributed by atoms with Crippen LogP contribution < -0.4 is 4.74 Å². The van der Waals surface area contributed by atoms with Crippen molar-refractivity contribution in [1.82, 2.24) is 14.9 Å². The van der Waals surface area contributed by atoms with Crippen LogP contribution >= 0.6 is 11.3 Å². The molecular formula is C28H41N3O2S. The molecule has 1 saturated carbocycles. The van der Waals surface area contributed by atoms with E-state index in [4.69, 9.17) is 9.72 Å². The number of nitrogens with zero attached hydrogens (tertiary/aromatic N) is 3. The van der Waals surface area contributed by atoms with Gasteiger partial charge in [0, 0.05) is 55.2 Å². The number of ether oxygens (including phenoxy) is 1. The molecule has 6 heteroatoms. The number of hydrogen-bond acceptors (Lipinski definition) is 6. The van der Waals surface area contributed by atoms with Crippen molar-refractivity contribution in [3.05, 3.63) is 39.5 Å². The first-order chi connectivity index (χ1) is 16.4. The predicted octanol–water partition coefficient (Wildman–Crippen LogP) is 5.68. The standard InChI is InChI=1S/C28H41N3O2S/c1-20(2)19-33-28-9-8-24-11-14-31(15-12-27(24)30-28)13-10-22-4-6-23(7-5-22)16-25(32)17-26-18-29-21(3)34-26/h8-9,18,20,22-23H,4-7,10-17,19H2,1-3H3. The number of aromatic nitrogens is 2. The van der Waals surface area contributed by atoms with Gasteiger partial charge in [-0.15, -0.1) is 11.3 Å². The van der Waals surface area contributed by atoms with Crippen molar-refractivity contribution >= 4 is 17.1 Å². The van der Waals surface area contributed by atoms with Crippen LogP contribution in [-0.4, -0.2) is 46.9 Å². The Labute approximate surface area is 209 Å². The molecule has 0 saturated heterocycles. The van der Waals surface area contributed by atoms with E-state index >= 15 is 0 Å². The maximum Gasteiger partial charge on any atom is 0.213 e. The molecule has 1 aliphatic carbocycles. The molecule has 2 aromatic rings. The number of fused-ring (bicyclic) bond motifs is 1. The van der Waals surface area contributed by atoms with Crippen molar-refractivity contribution in [2.75, 3.05) is 26.2 Å². The smallest absolute Gasteiger partial charge is 0.213 e. The molecule has 34 heavy (non-hydrogen) atoms. The van der Waals surface area contributed by atoms with E-state index in [-0.39, 0.29) is 0 Å². The van der Waals surface area contributed by atoms with E-state index in [1.807, 2.05) is 19.2 Å². The molecule has 186 valence electrons. The molecule has 0 radical (unpaired) electrons. The van der Waals surface area contributed by atoms with Gasteiger partial charge in [0.1, 0.15) is 5.78 Å². The maximum atomic E-state index is 12.5. The first kappa shape index (κ1) is 25.3. The number of pyridine rings is 1. The minimum atomic E-state index is 0.391. The molecule has 0 aromatic carbocycles. The van der Waals surface area contributed by atoms with Gasteiger partial charge in [-0.1, -0.05) is 32.8 Å². The number of carbonyl (C=O) groups excluding carboxylic acids is 1. The van der Waals surface area contributed by atoms with Crippen LogP contribution in [0, 0.1) is 24.7 Å². The normalized spacial score (nSPS) is 21.3. The van der Waals surface area contributed by atoms with Crippen LogP contribution in [-0.2, 0) is 24.1 Å². The largest absolute Gasteiger partial charge is 0.477 e. The number of aryl methyl sites for hydroxylation is 1. The molecule has 0 bridgehead atoms. The van der Waals surface area contributed by atoms with E-state index in [2.05, 4.69) is 29.8 Å². The summed E-state index contributed by atoms with van der Waals surface area (Å²) in [6, 6.07) is 4.26. The zero-order valence-electron chi connectivity index (χ0n) is 21.2. The topological polar surface area (TPSA) is 55.3 Å². The number of hydrogen-bond donors (Lipinski definition) is 0. The highest BCUT2D eigenvalue weighted by atomic mass is 32.1. The SMILES string of the molecule is Cc1ncc(CC(=O)CC2CCC(CCN3CCc4ccc(OCC(C)C)nc4CC3)CC2)s1. The lowest BCUT2D eigenvalue weighted by Gasteiger charge is -2.30. The predicted molar refractivity (Wildman–Crippen MR) is 139 cm³/mol. The summed E-state index contributed by atoms with van der Waals surface area (Å²) >= 11 is 1.65. The molecule has 0 N–H and O–H groups in total. The summed E-state index contributed by atoms with van der Waals surface area (Å²) in [6.45, 7) is 10.5. The monoisotopic (exact) mass is 483 g/mol. The van der Waals surface area contributed by atoms with Crippen molar-refractivity contribution in [3.8, 4) is 5.88 Å². The second-order valence-corrected chi connectivity index (χ2v) is 12.1. The van der Waals surface area contributed by atoms with Crippen LogP contribution in [0.1, 0.15) is 73.5 Å². The lowest BCUT2D eigenvalue weighted by atomic mass is 9.78. The highest BCUT2D eigenvalue weighted by Gasteiger charge is 2.24. The molecule has 0 spiro atoms. The van der Waals surface area contributed by atoms with Crippen LogP contribution in [0.25, 0.3) is 0 Å². The van der Waals surface area contributed by atoms with Gasteiger partial charge < -0.3 is 9.64 Å². The van der Waals surface area contributed by atoms with Crippen LogP contribution in [0.2, 0.25) is 0 Å². The Morgan fingerprint density at radius 1 is 1.15 bits per heavy atom. The van der Waals surface area contributed by atoms with Gasteiger partial charge in [-0.2, -0.15) is 0 Å². The summed E-state index contributed by atoms with van der Waals surface area (Å²) in [5.74, 6) is 3.08. The van der Waals surface area contributed by atoms with Crippen molar-refractivity contribution in [1.29, 1.82) is 0 Å². The first-order valence-electron chi connectivity index (χ1n) is 13.2. The number of carbonyl (C=O) groups is 1. The van der Waals surface area contributed by atoms with E-state index in [0.29, 0.717) is 24.0 Å². The summed E-state index contributed by atoms with van der Waals surface area (Å²) < 4.78 is 5.84. The first-order valence-corrected chi connectivity index (χ1v) is 14.0. The summed E-state index contributed by atoms with van der Waals surface area (Å²) in [5.41, 5.74) is 2.61. The lowest BCUT2D eigenvalue weighted by molar-refractivity contribution is -0.119. The Balaban J connectivity index is 1.15. The third kappa shape index (κ3) is 7.61. The highest BCUT2D eigenvalue weighted by molar-refractivity contribution is 7.11. The van der Waals surface area contributed by atoms with Gasteiger partial charge in [0.05, 0.1) is 11.6 Å². The van der Waals surface area contributed by atoms with Gasteiger partial charge in [0.2, 0.25) is 5.88 Å². The summed E-state index contributed by atoms with van der Waals surface area (Å²) in [4.78, 5) is 25.3. The molecule has 0 amide bonds. The molecule has 1 fully saturated rings. The molecule has 1 aliphatic heterocycles. The molecule has 0 unspecified atom stereocenters. The number of ketones is 1. The van der Waals surface area contributed by atoms with Crippen molar-refractivity contribution in [2.24, 2.45) is 17.8 Å². The van der Waals surface area contributed by atoms with Crippen LogP contribution in [0.4, 0.5) is 0 Å². The van der Waals surface area contributed by atoms with Gasteiger partial charge in [0.15, 0.2) is 0 Å². The van der Waals surface area contributed by atoms with Crippen molar-refractivity contribution in [2.45, 2.75) is 78.6 Å². The fourth-order valence-electron chi connectivity index (χ4n) is 5.33. The Kier molecular flexibility index (Phi) is 9.12. The van der Waals surface area contributed by atoms with Gasteiger partial charge in [0.25, 0.3) is 0 Å². The van der Waals surface area contributed by atoms with Crippen LogP contribution in [0.15, 0.2) is 18.3 Å². The Morgan fingerprint density at radius 3 is 2.65 bits per heavy atom. The fraction of sp³-hybridized carbons (Fsp3) is 0.679. The van der Waals surface area contributed by atoms with Gasteiger partial charge in [-0.25, -0.2) is 9.97 Å². The molecule has 0 atom stereocenters. The molecule has 2 aliphatic rings. The van der Waals surface area contributed by atoms with E-state index in [1.165, 1.54) is 49.9 Å². The summed E-state index contributed by atoms with van der Waals surface area (Å²) in [5, 5.41) is 1.05. The average molecular weight is 484 g/mol. The van der Waals surface area contributed by atoms with E-state index in [0.717, 1.165) is 60.6 Å². The number of thiazole rings is 1. The maximum absolute atomic E-state index is 12.5. The number of rotatable bonds is 10. The molecule has 2 aromatic heterocycles. The molecule has 3 heterocycles. The summed E-state index contributed by atoms with van der Waals surface area (Å²) in [6.07, 6.45) is 11.6. The third-order valence-electron chi connectivity index (χ3n) is 7.35. The second kappa shape index (κ2) is 12.3. The zero-order chi connectivity index (χ0) is 23.9. The highest BCUT2D eigenvalue weighted by Crippen LogP contribution is 2.33. The molecule has 5 nitrogen and oxygen atoms in total. The van der Waals surface area contributed by atoms with Crippen LogP contribution in [0.5, 0.6) is 5.88 Å². The van der Waals surface area contributed by atoms with E-state index in [9.17, 15) is 4.79 Å². The van der Waals surface area contributed by atoms with Crippen LogP contribution in [0.3, 0.4) is 0 Å². The molecular weight excluding hydrogens is 442 g/mol. The van der Waals surface area contributed by atoms with Gasteiger partial charge >= 0.3 is 0 Å². The van der Waals surface area contributed by atoms with Crippen molar-refractivity contribution < 1.29 is 9.53 Å². The third-order valence-corrected chi connectivity index (χ3v) is 8.26. The average Bonchev–Trinajstić information content (AvgIpc) is 3.11. The Morgan fingerprint density at radius 2 is 1.91 bits per heavy atom. The van der Waals surface area contributed by atoms with E-state index < -0.39 is 0 Å². The van der Waals surface area contributed by atoms with Gasteiger partial charge in [-0.05, 0) is 62.5 Å². The lowest BCUT2D eigenvalue weighted by Crippen LogP contribution is -2.29. The molecule has 4 rings (SSSR count). The quantitative estimate of drug-likeness (QED) is 0.435. The zero-order valence-corrected chi connectivity index (χ0v) is 22.0.